The van der Waals surface area contributed by atoms with Gasteiger partial charge in [0, 0.05) is 49.7 Å². The lowest BCUT2D eigenvalue weighted by atomic mass is 10.2. The number of likely N-dealkylation sites (N-methyl/N-ethyl adjacent to an activating group) is 1. The Kier molecular flexibility index (Phi) is 7.37. The first-order chi connectivity index (χ1) is 15.0. The summed E-state index contributed by atoms with van der Waals surface area (Å²) in [5, 5.41) is 10.0. The van der Waals surface area contributed by atoms with Gasteiger partial charge >= 0.3 is 6.03 Å². The predicted octanol–water partition coefficient (Wildman–Crippen LogP) is 2.38. The second-order valence-electron chi connectivity index (χ2n) is 7.32. The Morgan fingerprint density at radius 3 is 2.48 bits per heavy atom. The van der Waals surface area contributed by atoms with Gasteiger partial charge < -0.3 is 15.5 Å². The van der Waals surface area contributed by atoms with Crippen LogP contribution in [0, 0.1) is 13.8 Å². The number of carbonyl (C=O) groups is 2. The molecule has 0 saturated heterocycles. The average Bonchev–Trinajstić information content (AvgIpc) is 3.08. The third kappa shape index (κ3) is 5.91. The molecule has 0 saturated carbocycles. The molecule has 0 aliphatic heterocycles. The normalized spacial score (nSPS) is 10.5. The molecule has 0 spiro atoms. The number of para-hydroxylation sites is 1. The SMILES string of the molecule is Cc1nn(-c2ccccc2)c(C)c1CNC(=O)NCC(=O)N(C)CCc1ccccn1. The molecular weight excluding hydrogens is 392 g/mol. The van der Waals surface area contributed by atoms with Crippen molar-refractivity contribution in [1.82, 2.24) is 30.3 Å². The lowest BCUT2D eigenvalue weighted by molar-refractivity contribution is -0.128. The van der Waals surface area contributed by atoms with Crippen molar-refractivity contribution in [2.75, 3.05) is 20.1 Å². The molecule has 8 heteroatoms. The Bertz CT molecular complexity index is 1020. The molecule has 3 rings (SSSR count). The number of nitrogens with zero attached hydrogens (tertiary/aromatic N) is 4. The van der Waals surface area contributed by atoms with Gasteiger partial charge in [-0.3, -0.25) is 9.78 Å². The largest absolute Gasteiger partial charge is 0.344 e. The van der Waals surface area contributed by atoms with Crippen molar-refractivity contribution >= 4 is 11.9 Å². The second kappa shape index (κ2) is 10.4. The zero-order valence-electron chi connectivity index (χ0n) is 18.1. The predicted molar refractivity (Wildman–Crippen MR) is 119 cm³/mol. The van der Waals surface area contributed by atoms with Gasteiger partial charge in [0.15, 0.2) is 0 Å². The van der Waals surface area contributed by atoms with Gasteiger partial charge in [0.25, 0.3) is 0 Å². The van der Waals surface area contributed by atoms with Gasteiger partial charge in [-0.25, -0.2) is 9.48 Å². The number of rotatable bonds is 8. The number of urea groups is 1. The molecule has 0 aliphatic rings. The lowest BCUT2D eigenvalue weighted by Gasteiger charge is -2.17. The first-order valence-corrected chi connectivity index (χ1v) is 10.2. The van der Waals surface area contributed by atoms with Crippen LogP contribution in [0.5, 0.6) is 0 Å². The number of aromatic nitrogens is 3. The highest BCUT2D eigenvalue weighted by Crippen LogP contribution is 2.17. The Morgan fingerprint density at radius 2 is 1.77 bits per heavy atom. The number of pyridine rings is 1. The van der Waals surface area contributed by atoms with E-state index in [0.717, 1.165) is 28.3 Å². The van der Waals surface area contributed by atoms with Gasteiger partial charge in [-0.2, -0.15) is 5.10 Å². The van der Waals surface area contributed by atoms with Gasteiger partial charge in [0.1, 0.15) is 0 Å². The van der Waals surface area contributed by atoms with Crippen molar-refractivity contribution in [2.24, 2.45) is 0 Å². The molecule has 0 unspecified atom stereocenters. The van der Waals surface area contributed by atoms with Crippen molar-refractivity contribution in [2.45, 2.75) is 26.8 Å². The monoisotopic (exact) mass is 420 g/mol. The van der Waals surface area contributed by atoms with Crippen LogP contribution in [0.1, 0.15) is 22.6 Å². The third-order valence-electron chi connectivity index (χ3n) is 5.12. The van der Waals surface area contributed by atoms with Crippen molar-refractivity contribution in [3.63, 3.8) is 0 Å². The molecule has 3 amide bonds. The molecule has 0 atom stereocenters. The molecule has 0 bridgehead atoms. The van der Waals surface area contributed by atoms with Crippen LogP contribution in [0.2, 0.25) is 0 Å². The van der Waals surface area contributed by atoms with Gasteiger partial charge in [-0.15, -0.1) is 0 Å². The number of benzene rings is 1. The van der Waals surface area contributed by atoms with Gasteiger partial charge in [0.2, 0.25) is 5.91 Å². The summed E-state index contributed by atoms with van der Waals surface area (Å²) in [5.41, 5.74) is 4.67. The highest BCUT2D eigenvalue weighted by Gasteiger charge is 2.15. The molecule has 0 radical (unpaired) electrons. The summed E-state index contributed by atoms with van der Waals surface area (Å²) in [6.45, 7) is 4.70. The fourth-order valence-electron chi connectivity index (χ4n) is 3.23. The van der Waals surface area contributed by atoms with E-state index in [2.05, 4.69) is 20.7 Å². The molecule has 2 aromatic heterocycles. The van der Waals surface area contributed by atoms with Crippen LogP contribution in [-0.4, -0.2) is 51.7 Å². The summed E-state index contributed by atoms with van der Waals surface area (Å²) in [6, 6.07) is 15.2. The molecule has 1 aromatic carbocycles. The summed E-state index contributed by atoms with van der Waals surface area (Å²) in [7, 11) is 1.72. The highest BCUT2D eigenvalue weighted by molar-refractivity contribution is 5.83. The number of hydrogen-bond acceptors (Lipinski definition) is 4. The third-order valence-corrected chi connectivity index (χ3v) is 5.12. The van der Waals surface area contributed by atoms with Crippen LogP contribution in [0.4, 0.5) is 4.79 Å². The minimum Gasteiger partial charge on any atom is -0.344 e. The highest BCUT2D eigenvalue weighted by atomic mass is 16.2. The maximum Gasteiger partial charge on any atom is 0.315 e. The summed E-state index contributed by atoms with van der Waals surface area (Å²) in [6.07, 6.45) is 2.40. The zero-order valence-corrected chi connectivity index (χ0v) is 18.1. The second-order valence-corrected chi connectivity index (χ2v) is 7.32. The maximum absolute atomic E-state index is 12.3. The molecule has 0 aliphatic carbocycles. The van der Waals surface area contributed by atoms with Crippen LogP contribution in [0.15, 0.2) is 54.7 Å². The Balaban J connectivity index is 1.46. The summed E-state index contributed by atoms with van der Waals surface area (Å²) in [5.74, 6) is -0.157. The van der Waals surface area contributed by atoms with E-state index in [9.17, 15) is 9.59 Å². The smallest absolute Gasteiger partial charge is 0.315 e. The number of nitrogens with one attached hydrogen (secondary N) is 2. The minimum absolute atomic E-state index is 0.0637. The standard InChI is InChI=1S/C23H28N6O2/c1-17-21(18(2)29(27-17)20-10-5-4-6-11-20)15-25-23(31)26-16-22(30)28(3)14-12-19-9-7-8-13-24-19/h4-11,13H,12,14-16H2,1-3H3,(H2,25,26,31). The van der Waals surface area contributed by atoms with E-state index in [4.69, 9.17) is 0 Å². The van der Waals surface area contributed by atoms with Crippen LogP contribution in [0.3, 0.4) is 0 Å². The van der Waals surface area contributed by atoms with Gasteiger partial charge in [-0.05, 0) is 38.1 Å². The van der Waals surface area contributed by atoms with E-state index in [1.807, 2.05) is 67.1 Å². The number of amides is 3. The van der Waals surface area contributed by atoms with Gasteiger partial charge in [0.05, 0.1) is 17.9 Å². The number of hydrogen-bond donors (Lipinski definition) is 2. The molecule has 0 fully saturated rings. The fraction of sp³-hybridized carbons (Fsp3) is 0.304. The fourth-order valence-corrected chi connectivity index (χ4v) is 3.23. The number of carbonyl (C=O) groups excluding carboxylic acids is 2. The van der Waals surface area contributed by atoms with Crippen molar-refractivity contribution in [3.05, 3.63) is 77.4 Å². The minimum atomic E-state index is -0.391. The summed E-state index contributed by atoms with van der Waals surface area (Å²) in [4.78, 5) is 30.3. The Hall–Kier alpha value is -3.68. The van der Waals surface area contributed by atoms with E-state index >= 15 is 0 Å². The Labute approximate surface area is 182 Å². The van der Waals surface area contributed by atoms with Gasteiger partial charge in [-0.1, -0.05) is 24.3 Å². The molecule has 3 aromatic rings. The summed E-state index contributed by atoms with van der Waals surface area (Å²) >= 11 is 0. The van der Waals surface area contributed by atoms with E-state index in [1.54, 1.807) is 18.1 Å². The molecule has 31 heavy (non-hydrogen) atoms. The topological polar surface area (TPSA) is 92.2 Å². The zero-order chi connectivity index (χ0) is 22.2. The quantitative estimate of drug-likeness (QED) is 0.585. The van der Waals surface area contributed by atoms with E-state index < -0.39 is 6.03 Å². The molecule has 162 valence electrons. The molecular formula is C23H28N6O2. The Morgan fingerprint density at radius 1 is 1.03 bits per heavy atom. The first kappa shape index (κ1) is 22.0. The van der Waals surface area contributed by atoms with Crippen LogP contribution >= 0.6 is 0 Å². The van der Waals surface area contributed by atoms with Crippen molar-refractivity contribution in [1.29, 1.82) is 0 Å². The maximum atomic E-state index is 12.3. The lowest BCUT2D eigenvalue weighted by Crippen LogP contribution is -2.43. The average molecular weight is 421 g/mol. The van der Waals surface area contributed by atoms with Crippen molar-refractivity contribution in [3.8, 4) is 5.69 Å². The van der Waals surface area contributed by atoms with E-state index in [-0.39, 0.29) is 12.5 Å². The number of aryl methyl sites for hydroxylation is 1. The first-order valence-electron chi connectivity index (χ1n) is 10.2. The summed E-state index contributed by atoms with van der Waals surface area (Å²) < 4.78 is 1.87. The van der Waals surface area contributed by atoms with Crippen LogP contribution < -0.4 is 10.6 Å². The van der Waals surface area contributed by atoms with Crippen LogP contribution in [0.25, 0.3) is 5.69 Å². The van der Waals surface area contributed by atoms with E-state index in [1.165, 1.54) is 0 Å². The van der Waals surface area contributed by atoms with Crippen LogP contribution in [-0.2, 0) is 17.8 Å². The molecule has 2 N–H and O–H groups in total. The van der Waals surface area contributed by atoms with Crippen molar-refractivity contribution < 1.29 is 9.59 Å². The molecule has 8 nitrogen and oxygen atoms in total. The van der Waals surface area contributed by atoms with E-state index in [0.29, 0.717) is 19.5 Å². The molecule has 2 heterocycles.